The quantitative estimate of drug-likeness (QED) is 0.405. The monoisotopic (exact) mass is 469 g/mol. The second-order valence-electron chi connectivity index (χ2n) is 7.07. The first kappa shape index (κ1) is 22.5. The van der Waals surface area contributed by atoms with Crippen molar-refractivity contribution in [1.29, 1.82) is 0 Å². The molecule has 0 bridgehead atoms. The SMILES string of the molecule is Nc1cc(S[C@H]2OC(CO)[C@H](O)[C@H](n3cc(-c4cc(F)c(F)c(F)c4)nn3)C2O)ccn1. The van der Waals surface area contributed by atoms with E-state index in [1.807, 2.05) is 0 Å². The third-order valence-corrected chi connectivity index (χ3v) is 6.10. The van der Waals surface area contributed by atoms with E-state index in [0.29, 0.717) is 4.90 Å². The number of aliphatic hydroxyl groups excluding tert-OH is 3. The van der Waals surface area contributed by atoms with E-state index < -0.39 is 53.8 Å². The summed E-state index contributed by atoms with van der Waals surface area (Å²) in [6.45, 7) is -0.546. The van der Waals surface area contributed by atoms with Crippen LogP contribution in [-0.4, -0.2) is 65.7 Å². The number of halogens is 3. The number of aromatic nitrogens is 4. The Morgan fingerprint density at radius 2 is 1.84 bits per heavy atom. The Morgan fingerprint density at radius 3 is 2.50 bits per heavy atom. The number of nitrogen functional groups attached to an aromatic ring is 1. The van der Waals surface area contributed by atoms with Crippen molar-refractivity contribution in [3.05, 3.63) is 54.1 Å². The minimum absolute atomic E-state index is 0.0136. The van der Waals surface area contributed by atoms with Gasteiger partial charge in [0, 0.05) is 16.7 Å². The summed E-state index contributed by atoms with van der Waals surface area (Å²) in [5.74, 6) is -4.14. The lowest BCUT2D eigenvalue weighted by Crippen LogP contribution is -2.55. The maximum atomic E-state index is 13.6. The molecule has 3 heterocycles. The molecule has 1 aliphatic rings. The fourth-order valence-electron chi connectivity index (χ4n) is 3.37. The molecule has 32 heavy (non-hydrogen) atoms. The van der Waals surface area contributed by atoms with Crippen molar-refractivity contribution in [2.75, 3.05) is 12.3 Å². The minimum Gasteiger partial charge on any atom is -0.394 e. The molecule has 13 heteroatoms. The highest BCUT2D eigenvalue weighted by Gasteiger charge is 2.46. The highest BCUT2D eigenvalue weighted by atomic mass is 32.2. The molecule has 0 radical (unpaired) electrons. The predicted molar refractivity (Wildman–Crippen MR) is 107 cm³/mol. The molecule has 2 aromatic heterocycles. The molecule has 4 rings (SSSR count). The molecular formula is C19H18F3N5O4S. The van der Waals surface area contributed by atoms with E-state index in [-0.39, 0.29) is 17.1 Å². The molecule has 2 unspecified atom stereocenters. The summed E-state index contributed by atoms with van der Waals surface area (Å²) in [4.78, 5) is 4.52. The number of thioether (sulfide) groups is 1. The highest BCUT2D eigenvalue weighted by molar-refractivity contribution is 7.99. The Bertz CT molecular complexity index is 1100. The molecule has 1 aliphatic heterocycles. The Hall–Kier alpha value is -2.71. The third kappa shape index (κ3) is 4.29. The van der Waals surface area contributed by atoms with Gasteiger partial charge in [0.15, 0.2) is 17.5 Å². The van der Waals surface area contributed by atoms with Gasteiger partial charge in [-0.3, -0.25) is 0 Å². The second kappa shape index (κ2) is 9.03. The van der Waals surface area contributed by atoms with Crippen molar-refractivity contribution in [2.45, 2.75) is 34.7 Å². The number of hydrogen-bond acceptors (Lipinski definition) is 9. The largest absolute Gasteiger partial charge is 0.394 e. The van der Waals surface area contributed by atoms with Gasteiger partial charge in [-0.1, -0.05) is 17.0 Å². The van der Waals surface area contributed by atoms with Crippen molar-refractivity contribution in [3.63, 3.8) is 0 Å². The number of benzene rings is 1. The number of rotatable bonds is 5. The lowest BCUT2D eigenvalue weighted by atomic mass is 9.97. The molecule has 5 N–H and O–H groups in total. The van der Waals surface area contributed by atoms with Crippen LogP contribution in [0.15, 0.2) is 41.6 Å². The van der Waals surface area contributed by atoms with Crippen LogP contribution in [0.25, 0.3) is 11.3 Å². The van der Waals surface area contributed by atoms with Crippen LogP contribution in [-0.2, 0) is 4.74 Å². The van der Waals surface area contributed by atoms with E-state index in [4.69, 9.17) is 10.5 Å². The van der Waals surface area contributed by atoms with Crippen molar-refractivity contribution in [3.8, 4) is 11.3 Å². The van der Waals surface area contributed by atoms with E-state index in [2.05, 4.69) is 15.3 Å². The maximum absolute atomic E-state index is 13.6. The van der Waals surface area contributed by atoms with Gasteiger partial charge in [-0.15, -0.1) is 5.10 Å². The standard InChI is InChI=1S/C19H18F3N5O4S/c20-10-3-8(4-11(21)15(10)22)12-6-27(26-25-12)16-17(29)13(7-28)31-19(18(16)30)32-9-1-2-24-14(23)5-9/h1-6,13,16-19,28-30H,7H2,(H2,23,24)/t13?,16-,17-,18?,19+/m0/s1. The third-order valence-electron chi connectivity index (χ3n) is 4.95. The summed E-state index contributed by atoms with van der Waals surface area (Å²) in [5, 5.41) is 38.9. The fraction of sp³-hybridized carbons (Fsp3) is 0.316. The van der Waals surface area contributed by atoms with Crippen LogP contribution in [0, 0.1) is 17.5 Å². The Balaban J connectivity index is 1.64. The fourth-order valence-corrected chi connectivity index (χ4v) is 4.47. The van der Waals surface area contributed by atoms with E-state index in [1.165, 1.54) is 12.4 Å². The van der Waals surface area contributed by atoms with E-state index in [0.717, 1.165) is 28.6 Å². The van der Waals surface area contributed by atoms with E-state index in [1.54, 1.807) is 12.1 Å². The molecule has 0 saturated carbocycles. The summed E-state index contributed by atoms with van der Waals surface area (Å²) in [6.07, 6.45) is -1.05. The van der Waals surface area contributed by atoms with Crippen LogP contribution in [0.4, 0.5) is 19.0 Å². The van der Waals surface area contributed by atoms with Gasteiger partial charge in [0.05, 0.1) is 12.8 Å². The average Bonchev–Trinajstić information content (AvgIpc) is 3.23. The normalized spacial score (nSPS) is 25.8. The van der Waals surface area contributed by atoms with Crippen LogP contribution in [0.1, 0.15) is 6.04 Å². The first-order valence-corrected chi connectivity index (χ1v) is 10.2. The number of nitrogens with zero attached hydrogens (tertiary/aromatic N) is 4. The molecule has 0 amide bonds. The number of pyridine rings is 1. The predicted octanol–water partition coefficient (Wildman–Crippen LogP) is 1.11. The van der Waals surface area contributed by atoms with Crippen LogP contribution >= 0.6 is 11.8 Å². The minimum atomic E-state index is -1.61. The molecular weight excluding hydrogens is 451 g/mol. The summed E-state index contributed by atoms with van der Waals surface area (Å²) in [5.41, 5.74) is 4.64. The Kier molecular flexibility index (Phi) is 6.35. The maximum Gasteiger partial charge on any atom is 0.194 e. The summed E-state index contributed by atoms with van der Waals surface area (Å²) in [6, 6.07) is 3.61. The molecule has 9 nitrogen and oxygen atoms in total. The van der Waals surface area contributed by atoms with Crippen molar-refractivity contribution in [2.24, 2.45) is 0 Å². The van der Waals surface area contributed by atoms with Gasteiger partial charge in [0.2, 0.25) is 0 Å². The number of ether oxygens (including phenoxy) is 1. The zero-order valence-electron chi connectivity index (χ0n) is 16.2. The van der Waals surface area contributed by atoms with Crippen LogP contribution in [0.3, 0.4) is 0 Å². The average molecular weight is 469 g/mol. The molecule has 1 saturated heterocycles. The number of anilines is 1. The topological polar surface area (TPSA) is 140 Å². The molecule has 0 aliphatic carbocycles. The van der Waals surface area contributed by atoms with Crippen molar-refractivity contribution >= 4 is 17.6 Å². The molecule has 170 valence electrons. The van der Waals surface area contributed by atoms with Gasteiger partial charge in [-0.2, -0.15) is 0 Å². The zero-order chi connectivity index (χ0) is 23.0. The summed E-state index contributed by atoms with van der Waals surface area (Å²) < 4.78 is 47.2. The lowest BCUT2D eigenvalue weighted by Gasteiger charge is -2.41. The first-order chi connectivity index (χ1) is 15.3. The van der Waals surface area contributed by atoms with E-state index >= 15 is 0 Å². The molecule has 5 atom stereocenters. The van der Waals surface area contributed by atoms with Gasteiger partial charge in [-0.05, 0) is 24.3 Å². The summed E-state index contributed by atoms with van der Waals surface area (Å²) >= 11 is 1.10. The number of nitrogens with two attached hydrogens (primary N) is 1. The van der Waals surface area contributed by atoms with Crippen LogP contribution in [0.5, 0.6) is 0 Å². The molecule has 1 fully saturated rings. The second-order valence-corrected chi connectivity index (χ2v) is 8.24. The highest BCUT2D eigenvalue weighted by Crippen LogP contribution is 2.38. The van der Waals surface area contributed by atoms with Crippen LogP contribution in [0.2, 0.25) is 0 Å². The molecule has 3 aromatic rings. The molecule has 0 spiro atoms. The zero-order valence-corrected chi connectivity index (χ0v) is 17.0. The van der Waals surface area contributed by atoms with Crippen LogP contribution < -0.4 is 5.73 Å². The Labute approximate surface area is 183 Å². The van der Waals surface area contributed by atoms with Crippen molar-refractivity contribution < 1.29 is 33.2 Å². The van der Waals surface area contributed by atoms with Gasteiger partial charge in [0.1, 0.15) is 41.3 Å². The van der Waals surface area contributed by atoms with Gasteiger partial charge in [0.25, 0.3) is 0 Å². The summed E-state index contributed by atoms with van der Waals surface area (Å²) in [7, 11) is 0. The van der Waals surface area contributed by atoms with E-state index in [9.17, 15) is 28.5 Å². The van der Waals surface area contributed by atoms with Gasteiger partial charge < -0.3 is 25.8 Å². The number of hydrogen-bond donors (Lipinski definition) is 4. The van der Waals surface area contributed by atoms with Crippen molar-refractivity contribution in [1.82, 2.24) is 20.0 Å². The Morgan fingerprint density at radius 1 is 1.12 bits per heavy atom. The molecule has 1 aromatic carbocycles. The van der Waals surface area contributed by atoms with Gasteiger partial charge in [-0.25, -0.2) is 22.8 Å². The lowest BCUT2D eigenvalue weighted by molar-refractivity contribution is -0.178. The number of aliphatic hydroxyl groups is 3. The first-order valence-electron chi connectivity index (χ1n) is 9.36. The van der Waals surface area contributed by atoms with Gasteiger partial charge >= 0.3 is 0 Å². The smallest absolute Gasteiger partial charge is 0.194 e.